The summed E-state index contributed by atoms with van der Waals surface area (Å²) in [6, 6.07) is 0.338. The highest BCUT2D eigenvalue weighted by Gasteiger charge is 2.29. The molecule has 0 spiro atoms. The molecule has 2 aromatic rings. The van der Waals surface area contributed by atoms with Crippen molar-refractivity contribution >= 4 is 38.9 Å². The molecule has 1 amide bonds. The summed E-state index contributed by atoms with van der Waals surface area (Å²) in [6.07, 6.45) is 7.78. The first-order valence-corrected chi connectivity index (χ1v) is 13.5. The fourth-order valence-corrected chi connectivity index (χ4v) is 5.74. The third-order valence-electron chi connectivity index (χ3n) is 6.69. The number of unbranched alkanes of at least 4 members (excludes halogenated alkanes) is 1. The number of hydrogen-bond donors (Lipinski definition) is 4. The van der Waals surface area contributed by atoms with Crippen molar-refractivity contribution in [2.24, 2.45) is 11.7 Å². The van der Waals surface area contributed by atoms with E-state index >= 15 is 0 Å². The van der Waals surface area contributed by atoms with Crippen LogP contribution in [-0.4, -0.2) is 78.5 Å². The number of carbonyl (C=O) groups is 2. The SMILES string of the molecule is CNS(=O)(=O)C[C@H]1CC[C@H](N(C)c2ncnc3c2ccn3C(=O)NC(CCCCN)C(=O)O)CC1. The number of amides is 1. The summed E-state index contributed by atoms with van der Waals surface area (Å²) in [4.78, 5) is 35.2. The summed E-state index contributed by atoms with van der Waals surface area (Å²) in [6.45, 7) is 0.465. The number of nitrogens with two attached hydrogens (primary N) is 1. The lowest BCUT2D eigenvalue weighted by Crippen LogP contribution is -2.42. The lowest BCUT2D eigenvalue weighted by Gasteiger charge is -2.35. The molecular weight excluding hydrogens is 474 g/mol. The maximum atomic E-state index is 12.9. The quantitative estimate of drug-likeness (QED) is 0.324. The Morgan fingerprint density at radius 3 is 2.60 bits per heavy atom. The van der Waals surface area contributed by atoms with Crippen molar-refractivity contribution in [1.29, 1.82) is 0 Å². The van der Waals surface area contributed by atoms with E-state index in [9.17, 15) is 23.1 Å². The number of nitrogens with one attached hydrogen (secondary N) is 2. The fraction of sp³-hybridized carbons (Fsp3) is 0.636. The monoisotopic (exact) mass is 509 g/mol. The van der Waals surface area contributed by atoms with Crippen LogP contribution in [0.25, 0.3) is 11.0 Å². The van der Waals surface area contributed by atoms with Gasteiger partial charge in [-0.2, -0.15) is 0 Å². The van der Waals surface area contributed by atoms with Gasteiger partial charge in [-0.05, 0) is 70.5 Å². The lowest BCUT2D eigenvalue weighted by molar-refractivity contribution is -0.139. The minimum absolute atomic E-state index is 0.124. The van der Waals surface area contributed by atoms with Crippen LogP contribution in [-0.2, 0) is 14.8 Å². The number of aromatic nitrogens is 3. The molecule has 0 saturated heterocycles. The molecule has 3 rings (SSSR count). The molecule has 1 saturated carbocycles. The molecular formula is C22H35N7O5S. The lowest BCUT2D eigenvalue weighted by atomic mass is 9.86. The molecule has 35 heavy (non-hydrogen) atoms. The zero-order chi connectivity index (χ0) is 25.6. The molecule has 5 N–H and O–H groups in total. The standard InChI is InChI=1S/C22H35N7O5S/c1-24-35(33,34)13-15-6-8-16(9-7-15)28(2)19-17-10-12-29(20(17)26-14-25-19)22(32)27-18(21(30)31)5-3-4-11-23/h10,12,14-16,18,24H,3-9,11,13,23H2,1-2H3,(H,27,32)(H,30,31)/t15-,16-,18?. The molecule has 2 heterocycles. The zero-order valence-electron chi connectivity index (χ0n) is 20.2. The number of carboxylic acid groups (broad SMARTS) is 1. The molecule has 1 fully saturated rings. The van der Waals surface area contributed by atoms with Gasteiger partial charge < -0.3 is 21.1 Å². The van der Waals surface area contributed by atoms with E-state index in [1.807, 2.05) is 7.05 Å². The van der Waals surface area contributed by atoms with E-state index in [0.29, 0.717) is 42.7 Å². The van der Waals surface area contributed by atoms with E-state index in [4.69, 9.17) is 5.73 Å². The van der Waals surface area contributed by atoms with Crippen molar-refractivity contribution in [2.45, 2.75) is 57.0 Å². The van der Waals surface area contributed by atoms with E-state index in [2.05, 4.69) is 24.9 Å². The highest BCUT2D eigenvalue weighted by Crippen LogP contribution is 2.32. The Labute approximate surface area is 205 Å². The molecule has 0 aromatic carbocycles. The Morgan fingerprint density at radius 2 is 1.97 bits per heavy atom. The highest BCUT2D eigenvalue weighted by molar-refractivity contribution is 7.89. The average Bonchev–Trinajstić information content (AvgIpc) is 3.27. The summed E-state index contributed by atoms with van der Waals surface area (Å²) < 4.78 is 27.4. The summed E-state index contributed by atoms with van der Waals surface area (Å²) in [5, 5.41) is 12.7. The van der Waals surface area contributed by atoms with Gasteiger partial charge >= 0.3 is 12.0 Å². The van der Waals surface area contributed by atoms with Crippen LogP contribution in [0.15, 0.2) is 18.6 Å². The van der Waals surface area contributed by atoms with E-state index in [-0.39, 0.29) is 17.7 Å². The summed E-state index contributed by atoms with van der Waals surface area (Å²) in [5.41, 5.74) is 5.87. The predicted molar refractivity (Wildman–Crippen MR) is 133 cm³/mol. The Hall–Kier alpha value is -2.77. The van der Waals surface area contributed by atoms with Gasteiger partial charge in [0.25, 0.3) is 0 Å². The first-order chi connectivity index (χ1) is 16.7. The topological polar surface area (TPSA) is 173 Å². The zero-order valence-corrected chi connectivity index (χ0v) is 21.0. The van der Waals surface area contributed by atoms with Crippen LogP contribution in [0.3, 0.4) is 0 Å². The van der Waals surface area contributed by atoms with Crippen LogP contribution >= 0.6 is 0 Å². The molecule has 13 heteroatoms. The van der Waals surface area contributed by atoms with E-state index in [1.54, 1.807) is 12.3 Å². The Kier molecular flexibility index (Phi) is 9.03. The molecule has 194 valence electrons. The minimum Gasteiger partial charge on any atom is -0.480 e. The van der Waals surface area contributed by atoms with Gasteiger partial charge in [-0.3, -0.25) is 4.57 Å². The minimum atomic E-state index is -3.23. The number of hydrogen-bond acceptors (Lipinski definition) is 8. The second-order valence-corrected chi connectivity index (χ2v) is 11.0. The van der Waals surface area contributed by atoms with Crippen molar-refractivity contribution < 1.29 is 23.1 Å². The maximum absolute atomic E-state index is 12.9. The fourth-order valence-electron chi connectivity index (χ4n) is 4.62. The van der Waals surface area contributed by atoms with Crippen molar-refractivity contribution in [3.8, 4) is 0 Å². The normalized spacial score (nSPS) is 19.4. The van der Waals surface area contributed by atoms with Crippen LogP contribution in [0, 0.1) is 5.92 Å². The smallest absolute Gasteiger partial charge is 0.327 e. The number of fused-ring (bicyclic) bond motifs is 1. The summed E-state index contributed by atoms with van der Waals surface area (Å²) in [7, 11) is 0.141. The Balaban J connectivity index is 1.71. The van der Waals surface area contributed by atoms with Crippen LogP contribution in [0.4, 0.5) is 10.6 Å². The number of rotatable bonds is 11. The predicted octanol–water partition coefficient (Wildman–Crippen LogP) is 1.12. The van der Waals surface area contributed by atoms with Gasteiger partial charge in [0.2, 0.25) is 10.0 Å². The summed E-state index contributed by atoms with van der Waals surface area (Å²) in [5.74, 6) is -0.163. The maximum Gasteiger partial charge on any atom is 0.327 e. The number of sulfonamides is 1. The molecule has 0 aliphatic heterocycles. The van der Waals surface area contributed by atoms with Gasteiger partial charge in [0.15, 0.2) is 5.65 Å². The number of carboxylic acids is 1. The van der Waals surface area contributed by atoms with Crippen molar-refractivity contribution in [3.63, 3.8) is 0 Å². The van der Waals surface area contributed by atoms with Crippen molar-refractivity contribution in [2.75, 3.05) is 31.3 Å². The second kappa shape index (κ2) is 11.8. The third-order valence-corrected chi connectivity index (χ3v) is 8.22. The van der Waals surface area contributed by atoms with Crippen LogP contribution in [0.2, 0.25) is 0 Å². The molecule has 1 atom stereocenters. The van der Waals surface area contributed by atoms with Crippen molar-refractivity contribution in [1.82, 2.24) is 24.6 Å². The molecule has 12 nitrogen and oxygen atoms in total. The number of anilines is 1. The summed E-state index contributed by atoms with van der Waals surface area (Å²) >= 11 is 0. The first-order valence-electron chi connectivity index (χ1n) is 11.9. The number of carbonyl (C=O) groups excluding carboxylic acids is 1. The molecule has 1 unspecified atom stereocenters. The molecule has 2 aromatic heterocycles. The van der Waals surface area contributed by atoms with Gasteiger partial charge in [-0.25, -0.2) is 32.7 Å². The van der Waals surface area contributed by atoms with Gasteiger partial charge in [-0.1, -0.05) is 0 Å². The number of nitrogens with zero attached hydrogens (tertiary/aromatic N) is 4. The van der Waals surface area contributed by atoms with E-state index < -0.39 is 28.1 Å². The van der Waals surface area contributed by atoms with E-state index in [0.717, 1.165) is 25.7 Å². The Bertz CT molecular complexity index is 1130. The molecule has 1 aliphatic carbocycles. The first kappa shape index (κ1) is 26.8. The molecule has 0 radical (unpaired) electrons. The van der Waals surface area contributed by atoms with Gasteiger partial charge in [0.1, 0.15) is 18.2 Å². The van der Waals surface area contributed by atoms with Gasteiger partial charge in [0.05, 0.1) is 11.1 Å². The number of aliphatic carboxylic acids is 1. The average molecular weight is 510 g/mol. The third kappa shape index (κ3) is 6.67. The van der Waals surface area contributed by atoms with Gasteiger partial charge in [-0.15, -0.1) is 0 Å². The Morgan fingerprint density at radius 1 is 1.26 bits per heavy atom. The molecule has 0 bridgehead atoms. The van der Waals surface area contributed by atoms with Crippen LogP contribution in [0.5, 0.6) is 0 Å². The largest absolute Gasteiger partial charge is 0.480 e. The van der Waals surface area contributed by atoms with Gasteiger partial charge in [0, 0.05) is 19.3 Å². The van der Waals surface area contributed by atoms with Crippen molar-refractivity contribution in [3.05, 3.63) is 18.6 Å². The highest BCUT2D eigenvalue weighted by atomic mass is 32.2. The van der Waals surface area contributed by atoms with Crippen LogP contribution < -0.4 is 20.7 Å². The second-order valence-electron chi connectivity index (χ2n) is 9.02. The van der Waals surface area contributed by atoms with Crippen LogP contribution in [0.1, 0.15) is 44.9 Å². The van der Waals surface area contributed by atoms with E-state index in [1.165, 1.54) is 17.9 Å². The molecule has 1 aliphatic rings.